The number of pyridine rings is 1. The van der Waals surface area contributed by atoms with E-state index in [0.717, 1.165) is 12.2 Å². The van der Waals surface area contributed by atoms with Crippen molar-refractivity contribution in [2.24, 2.45) is 10.9 Å². The molecule has 0 amide bonds. The maximum absolute atomic E-state index is 8.49. The molecule has 0 spiro atoms. The van der Waals surface area contributed by atoms with E-state index in [1.165, 1.54) is 0 Å². The summed E-state index contributed by atoms with van der Waals surface area (Å²) in [6.07, 6.45) is 2.20. The molecule has 1 heterocycles. The highest BCUT2D eigenvalue weighted by Gasteiger charge is 2.06. The molecule has 17 heavy (non-hydrogen) atoms. The van der Waals surface area contributed by atoms with Crippen molar-refractivity contribution in [2.75, 3.05) is 25.1 Å². The predicted molar refractivity (Wildman–Crippen MR) is 66.7 cm³/mol. The van der Waals surface area contributed by atoms with Crippen LogP contribution in [0.3, 0.4) is 0 Å². The Labute approximate surface area is 101 Å². The van der Waals surface area contributed by atoms with Gasteiger partial charge >= 0.3 is 0 Å². The molecule has 0 aliphatic rings. The van der Waals surface area contributed by atoms with Gasteiger partial charge in [0.2, 0.25) is 5.88 Å². The number of rotatable bonds is 6. The number of methoxy groups -OCH3 is 1. The van der Waals surface area contributed by atoms with Gasteiger partial charge in [-0.2, -0.15) is 0 Å². The Morgan fingerprint density at radius 3 is 3.00 bits per heavy atom. The van der Waals surface area contributed by atoms with Gasteiger partial charge in [-0.05, 0) is 13.0 Å². The number of aromatic nitrogens is 1. The second-order valence-corrected chi connectivity index (χ2v) is 3.48. The van der Waals surface area contributed by atoms with E-state index in [0.29, 0.717) is 18.8 Å². The molecule has 1 aromatic heterocycles. The number of nitrogens with two attached hydrogens (primary N) is 1. The fourth-order valence-corrected chi connectivity index (χ4v) is 1.48. The molecule has 94 valence electrons. The van der Waals surface area contributed by atoms with Gasteiger partial charge in [-0.25, -0.2) is 4.98 Å². The first kappa shape index (κ1) is 13.1. The molecular weight excluding hydrogens is 220 g/mol. The third-order valence-corrected chi connectivity index (χ3v) is 2.44. The summed E-state index contributed by atoms with van der Waals surface area (Å²) in [6, 6.07) is 3.76. The van der Waals surface area contributed by atoms with Crippen LogP contribution >= 0.6 is 0 Å². The van der Waals surface area contributed by atoms with Crippen LogP contribution < -0.4 is 15.4 Å². The van der Waals surface area contributed by atoms with Gasteiger partial charge in [0.25, 0.3) is 0 Å². The molecule has 0 atom stereocenters. The average molecular weight is 238 g/mol. The highest BCUT2D eigenvalue weighted by molar-refractivity contribution is 5.80. The molecule has 0 unspecified atom stereocenters. The number of hydrogen-bond donors (Lipinski definition) is 2. The fraction of sp³-hybridized carbons (Fsp3) is 0.455. The molecule has 0 saturated carbocycles. The quantitative estimate of drug-likeness (QED) is 0.335. The van der Waals surface area contributed by atoms with Crippen LogP contribution in [0.4, 0.5) is 5.69 Å². The largest absolute Gasteiger partial charge is 0.481 e. The number of ether oxygens (including phenoxy) is 1. The first-order chi connectivity index (χ1) is 8.21. The molecule has 6 heteroatoms. The van der Waals surface area contributed by atoms with Crippen LogP contribution in [0, 0.1) is 0 Å². The Kier molecular flexibility index (Phi) is 5.06. The van der Waals surface area contributed by atoms with Crippen molar-refractivity contribution >= 4 is 11.5 Å². The lowest BCUT2D eigenvalue weighted by Crippen LogP contribution is -2.28. The van der Waals surface area contributed by atoms with Crippen molar-refractivity contribution in [3.8, 4) is 5.88 Å². The van der Waals surface area contributed by atoms with E-state index in [1.807, 2.05) is 19.1 Å². The summed E-state index contributed by atoms with van der Waals surface area (Å²) in [4.78, 5) is 6.15. The standard InChI is InChI=1S/C11H18N4O2/c1-3-15(7-5-10(12)14-16)9-4-6-13-11(8-9)17-2/h4,6,8,16H,3,5,7H2,1-2H3,(H2,12,14). The Bertz CT molecular complexity index is 381. The molecule has 0 fully saturated rings. The minimum Gasteiger partial charge on any atom is -0.481 e. The molecule has 0 bridgehead atoms. The Hall–Kier alpha value is -1.98. The van der Waals surface area contributed by atoms with Gasteiger partial charge in [0.1, 0.15) is 5.84 Å². The third kappa shape index (κ3) is 3.82. The zero-order chi connectivity index (χ0) is 12.7. The Morgan fingerprint density at radius 2 is 2.41 bits per heavy atom. The number of nitrogens with zero attached hydrogens (tertiary/aromatic N) is 3. The van der Waals surface area contributed by atoms with E-state index in [4.69, 9.17) is 15.7 Å². The molecule has 0 aromatic carbocycles. The monoisotopic (exact) mass is 238 g/mol. The van der Waals surface area contributed by atoms with Crippen LogP contribution in [0.5, 0.6) is 5.88 Å². The SMILES string of the molecule is CCN(CC/C(N)=N/O)c1ccnc(OC)c1. The minimum atomic E-state index is 0.226. The van der Waals surface area contributed by atoms with Gasteiger partial charge in [-0.15, -0.1) is 0 Å². The maximum atomic E-state index is 8.49. The van der Waals surface area contributed by atoms with Crippen LogP contribution in [0.1, 0.15) is 13.3 Å². The summed E-state index contributed by atoms with van der Waals surface area (Å²) in [6.45, 7) is 3.55. The lowest BCUT2D eigenvalue weighted by molar-refractivity contribution is 0.317. The summed E-state index contributed by atoms with van der Waals surface area (Å²) in [5.74, 6) is 0.800. The molecule has 0 aliphatic heterocycles. The first-order valence-electron chi connectivity index (χ1n) is 5.42. The average Bonchev–Trinajstić information content (AvgIpc) is 2.39. The van der Waals surface area contributed by atoms with Crippen molar-refractivity contribution in [3.63, 3.8) is 0 Å². The summed E-state index contributed by atoms with van der Waals surface area (Å²) < 4.78 is 5.07. The molecular formula is C11H18N4O2. The highest BCUT2D eigenvalue weighted by atomic mass is 16.5. The second-order valence-electron chi connectivity index (χ2n) is 3.48. The van der Waals surface area contributed by atoms with E-state index in [9.17, 15) is 0 Å². The lowest BCUT2D eigenvalue weighted by atomic mass is 10.3. The second kappa shape index (κ2) is 6.57. The van der Waals surface area contributed by atoms with Crippen molar-refractivity contribution in [3.05, 3.63) is 18.3 Å². The van der Waals surface area contributed by atoms with Gasteiger partial charge < -0.3 is 20.6 Å². The number of oxime groups is 1. The number of anilines is 1. The van der Waals surface area contributed by atoms with E-state index in [1.54, 1.807) is 13.3 Å². The predicted octanol–water partition coefficient (Wildman–Crippen LogP) is 1.05. The van der Waals surface area contributed by atoms with E-state index in [-0.39, 0.29) is 5.84 Å². The van der Waals surface area contributed by atoms with Crippen molar-refractivity contribution in [1.82, 2.24) is 4.98 Å². The van der Waals surface area contributed by atoms with Crippen LogP contribution in [0.25, 0.3) is 0 Å². The fourth-order valence-electron chi connectivity index (χ4n) is 1.48. The van der Waals surface area contributed by atoms with Gasteiger partial charge in [-0.1, -0.05) is 5.16 Å². The molecule has 6 nitrogen and oxygen atoms in total. The minimum absolute atomic E-state index is 0.226. The van der Waals surface area contributed by atoms with Crippen molar-refractivity contribution < 1.29 is 9.94 Å². The van der Waals surface area contributed by atoms with E-state index < -0.39 is 0 Å². The topological polar surface area (TPSA) is 84.0 Å². The maximum Gasteiger partial charge on any atom is 0.214 e. The van der Waals surface area contributed by atoms with Crippen molar-refractivity contribution in [1.29, 1.82) is 0 Å². The summed E-state index contributed by atoms with van der Waals surface area (Å²) in [5.41, 5.74) is 6.45. The Balaban J connectivity index is 2.71. The summed E-state index contributed by atoms with van der Waals surface area (Å²) >= 11 is 0. The Morgan fingerprint density at radius 1 is 1.65 bits per heavy atom. The van der Waals surface area contributed by atoms with E-state index >= 15 is 0 Å². The molecule has 0 saturated heterocycles. The van der Waals surface area contributed by atoms with Crippen LogP contribution in [-0.4, -0.2) is 36.2 Å². The van der Waals surface area contributed by atoms with Gasteiger partial charge in [0.05, 0.1) is 7.11 Å². The zero-order valence-corrected chi connectivity index (χ0v) is 10.1. The van der Waals surface area contributed by atoms with Crippen LogP contribution in [0.2, 0.25) is 0 Å². The zero-order valence-electron chi connectivity index (χ0n) is 10.1. The normalized spacial score (nSPS) is 11.3. The van der Waals surface area contributed by atoms with Crippen LogP contribution in [0.15, 0.2) is 23.5 Å². The summed E-state index contributed by atoms with van der Waals surface area (Å²) in [7, 11) is 1.58. The highest BCUT2D eigenvalue weighted by Crippen LogP contribution is 2.18. The molecule has 1 rings (SSSR count). The number of amidine groups is 1. The van der Waals surface area contributed by atoms with Crippen molar-refractivity contribution in [2.45, 2.75) is 13.3 Å². The third-order valence-electron chi connectivity index (χ3n) is 2.44. The number of hydrogen-bond acceptors (Lipinski definition) is 5. The summed E-state index contributed by atoms with van der Waals surface area (Å²) in [5, 5.41) is 11.4. The molecule has 3 N–H and O–H groups in total. The van der Waals surface area contributed by atoms with Gasteiger partial charge in [0, 0.05) is 37.5 Å². The smallest absolute Gasteiger partial charge is 0.214 e. The van der Waals surface area contributed by atoms with Gasteiger partial charge in [-0.3, -0.25) is 0 Å². The lowest BCUT2D eigenvalue weighted by Gasteiger charge is -2.22. The molecule has 0 aliphatic carbocycles. The molecule has 1 aromatic rings. The molecule has 0 radical (unpaired) electrons. The van der Waals surface area contributed by atoms with Gasteiger partial charge in [0.15, 0.2) is 0 Å². The first-order valence-corrected chi connectivity index (χ1v) is 5.42. The van der Waals surface area contributed by atoms with E-state index in [2.05, 4.69) is 15.0 Å². The van der Waals surface area contributed by atoms with Crippen LogP contribution in [-0.2, 0) is 0 Å².